The van der Waals surface area contributed by atoms with Crippen LogP contribution in [0.5, 0.6) is 5.75 Å². The Labute approximate surface area is 114 Å². The minimum atomic E-state index is -0.709. The second-order valence-electron chi connectivity index (χ2n) is 3.95. The maximum absolute atomic E-state index is 12.9. The number of pyridine rings is 1. The number of amides is 1. The first-order valence-corrected chi connectivity index (χ1v) is 5.92. The van der Waals surface area contributed by atoms with Gasteiger partial charge >= 0.3 is 0 Å². The molecule has 0 aliphatic rings. The molecule has 1 N–H and O–H groups in total. The number of halogens is 2. The average molecular weight is 278 g/mol. The lowest BCUT2D eigenvalue weighted by Crippen LogP contribution is -2.28. The molecule has 1 aromatic carbocycles. The summed E-state index contributed by atoms with van der Waals surface area (Å²) in [6.07, 6.45) is 3.01. The van der Waals surface area contributed by atoms with Gasteiger partial charge in [-0.05, 0) is 12.1 Å². The Morgan fingerprint density at radius 1 is 1.25 bits per heavy atom. The monoisotopic (exact) mass is 278 g/mol. The Bertz CT molecular complexity index is 571. The lowest BCUT2D eigenvalue weighted by molar-refractivity contribution is 0.0946. The number of ether oxygens (including phenoxy) is 1. The zero-order chi connectivity index (χ0) is 14.4. The predicted octanol–water partition coefficient (Wildman–Crippen LogP) is 2.17. The van der Waals surface area contributed by atoms with Gasteiger partial charge in [-0.25, -0.2) is 8.78 Å². The van der Waals surface area contributed by atoms with Crippen molar-refractivity contribution in [3.8, 4) is 5.75 Å². The Balaban J connectivity index is 1.78. The van der Waals surface area contributed by atoms with E-state index in [1.54, 1.807) is 18.3 Å². The van der Waals surface area contributed by atoms with Crippen molar-refractivity contribution in [2.45, 2.75) is 0 Å². The second kappa shape index (κ2) is 6.60. The number of benzene rings is 1. The van der Waals surface area contributed by atoms with Crippen LogP contribution in [0.25, 0.3) is 0 Å². The fourth-order valence-corrected chi connectivity index (χ4v) is 1.54. The molecule has 0 aliphatic heterocycles. The summed E-state index contributed by atoms with van der Waals surface area (Å²) in [5.41, 5.74) is 0.435. The van der Waals surface area contributed by atoms with Gasteiger partial charge in [-0.2, -0.15) is 0 Å². The smallest absolute Gasteiger partial charge is 0.252 e. The van der Waals surface area contributed by atoms with E-state index in [4.69, 9.17) is 4.74 Å². The van der Waals surface area contributed by atoms with E-state index in [1.165, 1.54) is 6.20 Å². The molecule has 4 nitrogen and oxygen atoms in total. The summed E-state index contributed by atoms with van der Waals surface area (Å²) in [6.45, 7) is 0.320. The van der Waals surface area contributed by atoms with Crippen molar-refractivity contribution in [1.29, 1.82) is 0 Å². The number of carbonyl (C=O) groups excluding carboxylic acids is 1. The topological polar surface area (TPSA) is 51.2 Å². The van der Waals surface area contributed by atoms with Crippen molar-refractivity contribution < 1.29 is 18.3 Å². The second-order valence-corrected chi connectivity index (χ2v) is 3.95. The molecule has 1 aromatic heterocycles. The molecule has 0 radical (unpaired) electrons. The summed E-state index contributed by atoms with van der Waals surface area (Å²) in [5.74, 6) is -1.62. The van der Waals surface area contributed by atoms with Crippen molar-refractivity contribution >= 4 is 5.91 Å². The summed E-state index contributed by atoms with van der Waals surface area (Å²) >= 11 is 0. The van der Waals surface area contributed by atoms with E-state index in [9.17, 15) is 13.6 Å². The minimum Gasteiger partial charge on any atom is -0.492 e. The van der Waals surface area contributed by atoms with Gasteiger partial charge in [0.2, 0.25) is 0 Å². The largest absolute Gasteiger partial charge is 0.492 e. The molecule has 1 amide bonds. The Kier molecular flexibility index (Phi) is 4.60. The van der Waals surface area contributed by atoms with Crippen molar-refractivity contribution in [3.63, 3.8) is 0 Å². The highest BCUT2D eigenvalue weighted by atomic mass is 19.1. The molecule has 0 spiro atoms. The van der Waals surface area contributed by atoms with Gasteiger partial charge in [0.05, 0.1) is 12.1 Å². The minimum absolute atomic E-state index is 0.0816. The first-order valence-electron chi connectivity index (χ1n) is 5.92. The van der Waals surface area contributed by atoms with Gasteiger partial charge < -0.3 is 10.1 Å². The Hall–Kier alpha value is -2.50. The molecule has 1 heterocycles. The number of nitrogens with zero attached hydrogens (tertiary/aromatic N) is 1. The Morgan fingerprint density at radius 2 is 2.00 bits per heavy atom. The van der Waals surface area contributed by atoms with Gasteiger partial charge in [0.15, 0.2) is 0 Å². The van der Waals surface area contributed by atoms with Crippen LogP contribution in [0.1, 0.15) is 10.4 Å². The highest BCUT2D eigenvalue weighted by molar-refractivity contribution is 5.93. The highest BCUT2D eigenvalue weighted by Crippen LogP contribution is 2.14. The summed E-state index contributed by atoms with van der Waals surface area (Å²) in [6, 6.07) is 6.20. The zero-order valence-corrected chi connectivity index (χ0v) is 10.5. The van der Waals surface area contributed by atoms with Gasteiger partial charge in [-0.1, -0.05) is 0 Å². The summed E-state index contributed by atoms with van der Waals surface area (Å²) < 4.78 is 30.9. The summed E-state index contributed by atoms with van der Waals surface area (Å²) in [5, 5.41) is 2.61. The SMILES string of the molecule is O=C(NCCOc1cc(F)cc(F)c1)c1cccnc1. The third-order valence-corrected chi connectivity index (χ3v) is 2.42. The fourth-order valence-electron chi connectivity index (χ4n) is 1.54. The molecule has 0 saturated heterocycles. The Morgan fingerprint density at radius 3 is 2.65 bits per heavy atom. The molecule has 0 bridgehead atoms. The van der Waals surface area contributed by atoms with Crippen LogP contribution in [0.4, 0.5) is 8.78 Å². The third kappa shape index (κ3) is 4.01. The van der Waals surface area contributed by atoms with Gasteiger partial charge in [0.1, 0.15) is 24.0 Å². The molecule has 6 heteroatoms. The molecule has 20 heavy (non-hydrogen) atoms. The van der Waals surface area contributed by atoms with Crippen LogP contribution < -0.4 is 10.1 Å². The number of hydrogen-bond donors (Lipinski definition) is 1. The molecule has 2 aromatic rings. The van der Waals surface area contributed by atoms with Crippen LogP contribution in [-0.4, -0.2) is 24.0 Å². The van der Waals surface area contributed by atoms with Gasteiger partial charge in [0.25, 0.3) is 5.91 Å². The van der Waals surface area contributed by atoms with Crippen molar-refractivity contribution in [2.24, 2.45) is 0 Å². The molecule has 0 fully saturated rings. The predicted molar refractivity (Wildman–Crippen MR) is 68.4 cm³/mol. The van der Waals surface area contributed by atoms with Crippen LogP contribution >= 0.6 is 0 Å². The first-order chi connectivity index (χ1) is 9.65. The number of hydrogen-bond acceptors (Lipinski definition) is 3. The maximum Gasteiger partial charge on any atom is 0.252 e. The standard InChI is InChI=1S/C14H12F2N2O2/c15-11-6-12(16)8-13(7-11)20-5-4-18-14(19)10-2-1-3-17-9-10/h1-3,6-9H,4-5H2,(H,18,19). The van der Waals surface area contributed by atoms with Crippen molar-refractivity contribution in [2.75, 3.05) is 13.2 Å². The van der Waals surface area contributed by atoms with E-state index in [-0.39, 0.29) is 24.8 Å². The van der Waals surface area contributed by atoms with Crippen LogP contribution in [0.15, 0.2) is 42.7 Å². The number of nitrogens with one attached hydrogen (secondary N) is 1. The molecular weight excluding hydrogens is 266 g/mol. The van der Waals surface area contributed by atoms with Gasteiger partial charge in [-0.3, -0.25) is 9.78 Å². The van der Waals surface area contributed by atoms with E-state index in [0.717, 1.165) is 18.2 Å². The van der Waals surface area contributed by atoms with Crippen LogP contribution in [0.3, 0.4) is 0 Å². The molecule has 0 saturated carbocycles. The zero-order valence-electron chi connectivity index (χ0n) is 10.5. The molecule has 104 valence electrons. The van der Waals surface area contributed by atoms with Gasteiger partial charge in [-0.15, -0.1) is 0 Å². The maximum atomic E-state index is 12.9. The van der Waals surface area contributed by atoms with Crippen molar-refractivity contribution in [3.05, 3.63) is 59.9 Å². The van der Waals surface area contributed by atoms with Crippen LogP contribution in [-0.2, 0) is 0 Å². The number of carbonyl (C=O) groups is 1. The van der Waals surface area contributed by atoms with Crippen LogP contribution in [0, 0.1) is 11.6 Å². The van der Waals surface area contributed by atoms with Crippen molar-refractivity contribution in [1.82, 2.24) is 10.3 Å². The molecule has 2 rings (SSSR count). The number of rotatable bonds is 5. The average Bonchev–Trinajstić information content (AvgIpc) is 2.43. The van der Waals surface area contributed by atoms with E-state index in [2.05, 4.69) is 10.3 Å². The van der Waals surface area contributed by atoms with Crippen LogP contribution in [0.2, 0.25) is 0 Å². The van der Waals surface area contributed by atoms with E-state index >= 15 is 0 Å². The third-order valence-electron chi connectivity index (χ3n) is 2.42. The fraction of sp³-hybridized carbons (Fsp3) is 0.143. The van der Waals surface area contributed by atoms with E-state index < -0.39 is 11.6 Å². The van der Waals surface area contributed by atoms with E-state index in [1.807, 2.05) is 0 Å². The lowest BCUT2D eigenvalue weighted by atomic mass is 10.3. The highest BCUT2D eigenvalue weighted by Gasteiger charge is 2.05. The molecule has 0 aliphatic carbocycles. The summed E-state index contributed by atoms with van der Waals surface area (Å²) in [4.78, 5) is 15.5. The molecule has 0 atom stereocenters. The molecule has 0 unspecified atom stereocenters. The van der Waals surface area contributed by atoms with E-state index in [0.29, 0.717) is 5.56 Å². The molecular formula is C14H12F2N2O2. The number of aromatic nitrogens is 1. The quantitative estimate of drug-likeness (QED) is 0.853. The lowest BCUT2D eigenvalue weighted by Gasteiger charge is -2.08. The van der Waals surface area contributed by atoms with Gasteiger partial charge in [0, 0.05) is 30.6 Å². The summed E-state index contributed by atoms with van der Waals surface area (Å²) in [7, 11) is 0. The normalized spacial score (nSPS) is 10.1. The first kappa shape index (κ1) is 13.9.